The van der Waals surface area contributed by atoms with Crippen LogP contribution in [0.25, 0.3) is 43.9 Å². The van der Waals surface area contributed by atoms with E-state index in [0.717, 1.165) is 56.0 Å². The number of nitrogens with zero attached hydrogens (tertiary/aromatic N) is 3. The fourth-order valence-electron chi connectivity index (χ4n) is 4.87. The minimum atomic E-state index is 0.881. The summed E-state index contributed by atoms with van der Waals surface area (Å²) in [4.78, 5) is 13.6. The van der Waals surface area contributed by atoms with Gasteiger partial charge in [-0.1, -0.05) is 84.9 Å². The highest BCUT2D eigenvalue weighted by atomic mass is 16.5. The molecular formula is C37H26N4O. The van der Waals surface area contributed by atoms with Crippen molar-refractivity contribution >= 4 is 55.2 Å². The Bertz CT molecular complexity index is 1770. The van der Waals surface area contributed by atoms with Gasteiger partial charge in [0.25, 0.3) is 0 Å². The molecule has 1 aliphatic rings. The van der Waals surface area contributed by atoms with Crippen molar-refractivity contribution in [2.24, 2.45) is 0 Å². The maximum atomic E-state index is 5.71. The highest BCUT2D eigenvalue weighted by Crippen LogP contribution is 2.41. The zero-order chi connectivity index (χ0) is 28.1. The molecule has 5 nitrogen and oxygen atoms in total. The van der Waals surface area contributed by atoms with Crippen LogP contribution in [0.2, 0.25) is 0 Å². The highest BCUT2D eigenvalue weighted by molar-refractivity contribution is 5.92. The normalized spacial score (nSPS) is 11.2. The van der Waals surface area contributed by atoms with Crippen LogP contribution >= 0.6 is 0 Å². The SMILES string of the molecule is c1ccc2c(c1)Nc1ccccc1O2.c1ccc2nc3ccccc3cc2c1.c1ccc2nc3ccccc3nc2c1. The van der Waals surface area contributed by atoms with Gasteiger partial charge in [-0.25, -0.2) is 15.0 Å². The zero-order valence-electron chi connectivity index (χ0n) is 22.7. The molecule has 3 heterocycles. The van der Waals surface area contributed by atoms with Gasteiger partial charge in [-0.15, -0.1) is 0 Å². The molecular weight excluding hydrogens is 516 g/mol. The van der Waals surface area contributed by atoms with Crippen LogP contribution in [-0.2, 0) is 0 Å². The second-order valence-corrected chi connectivity index (χ2v) is 9.79. The predicted molar refractivity (Wildman–Crippen MR) is 173 cm³/mol. The van der Waals surface area contributed by atoms with Crippen molar-refractivity contribution in [1.29, 1.82) is 0 Å². The zero-order valence-corrected chi connectivity index (χ0v) is 22.7. The van der Waals surface area contributed by atoms with Crippen molar-refractivity contribution in [3.63, 3.8) is 0 Å². The molecule has 0 saturated heterocycles. The number of ether oxygens (including phenoxy) is 1. The third kappa shape index (κ3) is 5.31. The first-order valence-corrected chi connectivity index (χ1v) is 13.8. The first-order valence-electron chi connectivity index (χ1n) is 13.8. The molecule has 1 N–H and O–H groups in total. The smallest absolute Gasteiger partial charge is 0.150 e. The van der Waals surface area contributed by atoms with E-state index >= 15 is 0 Å². The van der Waals surface area contributed by atoms with Gasteiger partial charge < -0.3 is 10.1 Å². The van der Waals surface area contributed by atoms with Gasteiger partial charge in [0.05, 0.1) is 44.5 Å². The Labute approximate surface area is 243 Å². The van der Waals surface area contributed by atoms with Crippen molar-refractivity contribution in [3.05, 3.63) is 152 Å². The lowest BCUT2D eigenvalue weighted by atomic mass is 10.1. The minimum Gasteiger partial charge on any atom is -0.453 e. The van der Waals surface area contributed by atoms with Crippen LogP contribution in [0.1, 0.15) is 0 Å². The van der Waals surface area contributed by atoms with E-state index in [1.54, 1.807) is 0 Å². The fraction of sp³-hybridized carbons (Fsp3) is 0. The van der Waals surface area contributed by atoms with Crippen molar-refractivity contribution in [2.45, 2.75) is 0 Å². The molecule has 200 valence electrons. The lowest BCUT2D eigenvalue weighted by Crippen LogP contribution is -2.01. The van der Waals surface area contributed by atoms with Crippen molar-refractivity contribution in [2.75, 3.05) is 5.32 Å². The second-order valence-electron chi connectivity index (χ2n) is 9.79. The summed E-state index contributed by atoms with van der Waals surface area (Å²) in [5, 5.41) is 5.72. The van der Waals surface area contributed by atoms with Gasteiger partial charge >= 0.3 is 0 Å². The van der Waals surface area contributed by atoms with E-state index in [2.05, 4.69) is 38.5 Å². The maximum absolute atomic E-state index is 5.71. The molecule has 9 rings (SSSR count). The number of rotatable bonds is 0. The Balaban J connectivity index is 0.000000103. The largest absolute Gasteiger partial charge is 0.453 e. The Hall–Kier alpha value is -5.81. The average molecular weight is 543 g/mol. The Morgan fingerprint density at radius 1 is 0.357 bits per heavy atom. The number of aromatic nitrogens is 3. The minimum absolute atomic E-state index is 0.881. The van der Waals surface area contributed by atoms with Crippen molar-refractivity contribution in [3.8, 4) is 11.5 Å². The summed E-state index contributed by atoms with van der Waals surface area (Å²) in [6, 6.07) is 50.2. The molecule has 0 fully saturated rings. The number of pyridine rings is 1. The summed E-state index contributed by atoms with van der Waals surface area (Å²) in [5.74, 6) is 1.76. The fourth-order valence-corrected chi connectivity index (χ4v) is 4.87. The van der Waals surface area contributed by atoms with Gasteiger partial charge in [-0.2, -0.15) is 0 Å². The molecule has 0 aliphatic carbocycles. The first kappa shape index (κ1) is 25.2. The number of benzene rings is 6. The van der Waals surface area contributed by atoms with Crippen LogP contribution < -0.4 is 10.1 Å². The Morgan fingerprint density at radius 3 is 1.14 bits per heavy atom. The van der Waals surface area contributed by atoms with Crippen LogP contribution in [0.5, 0.6) is 11.5 Å². The van der Waals surface area contributed by atoms with Gasteiger partial charge in [0, 0.05) is 10.8 Å². The Kier molecular flexibility index (Phi) is 6.81. The van der Waals surface area contributed by atoms with E-state index in [4.69, 9.17) is 4.74 Å². The molecule has 2 aromatic heterocycles. The molecule has 0 unspecified atom stereocenters. The lowest BCUT2D eigenvalue weighted by molar-refractivity contribution is 0.481. The summed E-state index contributed by atoms with van der Waals surface area (Å²) >= 11 is 0. The molecule has 6 aromatic carbocycles. The quantitative estimate of drug-likeness (QED) is 0.193. The van der Waals surface area contributed by atoms with Gasteiger partial charge in [-0.3, -0.25) is 0 Å². The van der Waals surface area contributed by atoms with Crippen molar-refractivity contribution < 1.29 is 4.74 Å². The molecule has 0 amide bonds. The highest BCUT2D eigenvalue weighted by Gasteiger charge is 2.14. The number of hydrogen-bond donors (Lipinski definition) is 1. The van der Waals surface area contributed by atoms with Crippen LogP contribution in [0.4, 0.5) is 11.4 Å². The molecule has 8 aromatic rings. The summed E-state index contributed by atoms with van der Waals surface area (Å²) < 4.78 is 5.71. The molecule has 1 aliphatic heterocycles. The second kappa shape index (κ2) is 11.4. The van der Waals surface area contributed by atoms with Crippen molar-refractivity contribution in [1.82, 2.24) is 15.0 Å². The standard InChI is InChI=1S/C13H9N.C12H8N2.C12H9NO/c1-3-7-12-10(5-1)9-11-6-2-4-8-13(11)14-12;1-2-6-10-9(5-1)13-11-7-3-4-8-12(11)14-10;1-3-7-11-9(5-1)13-10-6-2-4-8-12(10)14-11/h1-9H;1-8H;1-8,13H. The number of hydrogen-bond acceptors (Lipinski definition) is 5. The van der Waals surface area contributed by atoms with Crippen LogP contribution in [0.15, 0.2) is 152 Å². The third-order valence-electron chi connectivity index (χ3n) is 6.93. The predicted octanol–water partition coefficient (Wildman–Crippen LogP) is 9.71. The third-order valence-corrected chi connectivity index (χ3v) is 6.93. The van der Waals surface area contributed by atoms with Crippen LogP contribution in [0.3, 0.4) is 0 Å². The maximum Gasteiger partial charge on any atom is 0.150 e. The number of nitrogens with one attached hydrogen (secondary N) is 1. The summed E-state index contributed by atoms with van der Waals surface area (Å²) in [6.45, 7) is 0. The summed E-state index contributed by atoms with van der Waals surface area (Å²) in [5.41, 5.74) is 7.96. The topological polar surface area (TPSA) is 59.9 Å². The molecule has 0 radical (unpaired) electrons. The van der Waals surface area contributed by atoms with Gasteiger partial charge in [-0.05, 0) is 66.7 Å². The van der Waals surface area contributed by atoms with E-state index in [9.17, 15) is 0 Å². The molecule has 0 spiro atoms. The van der Waals surface area contributed by atoms with E-state index in [0.29, 0.717) is 0 Å². The van der Waals surface area contributed by atoms with Crippen LogP contribution in [0, 0.1) is 0 Å². The molecule has 5 heteroatoms. The van der Waals surface area contributed by atoms with Gasteiger partial charge in [0.1, 0.15) is 0 Å². The first-order chi connectivity index (χ1) is 20.8. The Morgan fingerprint density at radius 2 is 0.690 bits per heavy atom. The molecule has 0 bridgehead atoms. The van der Waals surface area contributed by atoms with E-state index in [1.807, 2.05) is 133 Å². The van der Waals surface area contributed by atoms with Gasteiger partial charge in [0.15, 0.2) is 11.5 Å². The van der Waals surface area contributed by atoms with E-state index < -0.39 is 0 Å². The summed E-state index contributed by atoms with van der Waals surface area (Å²) in [6.07, 6.45) is 0. The molecule has 0 atom stereocenters. The summed E-state index contributed by atoms with van der Waals surface area (Å²) in [7, 11) is 0. The number of fused-ring (bicyclic) bond motifs is 6. The average Bonchev–Trinajstić information content (AvgIpc) is 3.06. The van der Waals surface area contributed by atoms with Crippen LogP contribution in [-0.4, -0.2) is 15.0 Å². The molecule has 0 saturated carbocycles. The lowest BCUT2D eigenvalue weighted by Gasteiger charge is -2.20. The number of anilines is 2. The molecule has 42 heavy (non-hydrogen) atoms. The van der Waals surface area contributed by atoms with E-state index in [1.165, 1.54) is 10.8 Å². The van der Waals surface area contributed by atoms with E-state index in [-0.39, 0.29) is 0 Å². The van der Waals surface area contributed by atoms with Gasteiger partial charge in [0.2, 0.25) is 0 Å². The monoisotopic (exact) mass is 542 g/mol. The number of para-hydroxylation sites is 10.